The first-order valence-corrected chi connectivity index (χ1v) is 8.38. The average Bonchev–Trinajstić information content (AvgIpc) is 2.53. The van der Waals surface area contributed by atoms with Gasteiger partial charge < -0.3 is 4.90 Å². The van der Waals surface area contributed by atoms with Gasteiger partial charge in [0.15, 0.2) is 0 Å². The number of aliphatic imine (C=N–C) groups is 1. The lowest BCUT2D eigenvalue weighted by Gasteiger charge is -2.20. The van der Waals surface area contributed by atoms with Gasteiger partial charge in [-0.05, 0) is 17.5 Å². The van der Waals surface area contributed by atoms with E-state index >= 15 is 0 Å². The minimum absolute atomic E-state index is 0.866. The van der Waals surface area contributed by atoms with Gasteiger partial charge in [0.2, 0.25) is 0 Å². The average molecular weight is 345 g/mol. The summed E-state index contributed by atoms with van der Waals surface area (Å²) < 4.78 is 0. The van der Waals surface area contributed by atoms with Crippen LogP contribution in [0.15, 0.2) is 65.7 Å². The third-order valence-corrected chi connectivity index (χ3v) is 3.68. The van der Waals surface area contributed by atoms with Gasteiger partial charge >= 0.3 is 0 Å². The van der Waals surface area contributed by atoms with Gasteiger partial charge in [-0.25, -0.2) is 0 Å². The third kappa shape index (κ3) is 6.13. The van der Waals surface area contributed by atoms with Gasteiger partial charge in [-0.3, -0.25) is 4.99 Å². The van der Waals surface area contributed by atoms with Gasteiger partial charge in [0, 0.05) is 25.0 Å². The molecule has 0 unspecified atom stereocenters. The fourth-order valence-corrected chi connectivity index (χ4v) is 2.35. The van der Waals surface area contributed by atoms with Crippen LogP contribution in [0.25, 0.3) is 0 Å². The monoisotopic (exact) mass is 344 g/mol. The second-order valence-electron chi connectivity index (χ2n) is 4.94. The predicted molar refractivity (Wildman–Crippen MR) is 93.9 cm³/mol. The van der Waals surface area contributed by atoms with Crippen LogP contribution in [0, 0.1) is 0 Å². The van der Waals surface area contributed by atoms with E-state index in [1.165, 1.54) is 11.1 Å². The van der Waals surface area contributed by atoms with Gasteiger partial charge in [0.25, 0.3) is 0 Å². The molecule has 0 aliphatic rings. The van der Waals surface area contributed by atoms with E-state index in [2.05, 4.69) is 86.5 Å². The lowest BCUT2D eigenvalue weighted by Crippen LogP contribution is -2.21. The molecule has 0 atom stereocenters. The van der Waals surface area contributed by atoms with Crippen molar-refractivity contribution in [2.75, 3.05) is 11.9 Å². The van der Waals surface area contributed by atoms with Crippen LogP contribution in [0.4, 0.5) is 0 Å². The van der Waals surface area contributed by atoms with Crippen LogP contribution in [-0.2, 0) is 13.1 Å². The molecule has 0 radical (unpaired) electrons. The fourth-order valence-electron chi connectivity index (χ4n) is 2.10. The lowest BCUT2D eigenvalue weighted by molar-refractivity contribution is 0.418. The Kier molecular flexibility index (Phi) is 7.02. The lowest BCUT2D eigenvalue weighted by atomic mass is 10.2. The maximum absolute atomic E-state index is 4.52. The van der Waals surface area contributed by atoms with Gasteiger partial charge in [0.05, 0.1) is 6.34 Å². The first-order chi connectivity index (χ1) is 10.4. The van der Waals surface area contributed by atoms with Crippen LogP contribution in [0.3, 0.4) is 0 Å². The quantitative estimate of drug-likeness (QED) is 0.298. The highest BCUT2D eigenvalue weighted by Gasteiger charge is 2.03. The molecule has 2 rings (SSSR count). The van der Waals surface area contributed by atoms with Crippen molar-refractivity contribution < 1.29 is 0 Å². The summed E-state index contributed by atoms with van der Waals surface area (Å²) >= 11 is 3.44. The van der Waals surface area contributed by atoms with Crippen LogP contribution in [0.5, 0.6) is 0 Å². The molecule has 3 heteroatoms. The minimum atomic E-state index is 0.866. The molecule has 2 aromatic carbocycles. The first kappa shape index (κ1) is 15.8. The molecule has 0 aliphatic heterocycles. The maximum atomic E-state index is 4.52. The Morgan fingerprint density at radius 2 is 1.38 bits per heavy atom. The van der Waals surface area contributed by atoms with Crippen molar-refractivity contribution in [2.45, 2.75) is 19.5 Å². The highest BCUT2D eigenvalue weighted by Crippen LogP contribution is 2.08. The molecule has 0 spiro atoms. The number of nitrogens with zero attached hydrogens (tertiary/aromatic N) is 2. The summed E-state index contributed by atoms with van der Waals surface area (Å²) in [6, 6.07) is 21.1. The largest absolute Gasteiger partial charge is 0.354 e. The molecule has 0 aromatic heterocycles. The number of hydrogen-bond donors (Lipinski definition) is 0. The first-order valence-electron chi connectivity index (χ1n) is 7.26. The summed E-state index contributed by atoms with van der Waals surface area (Å²) in [7, 11) is 0. The topological polar surface area (TPSA) is 15.6 Å². The third-order valence-electron chi connectivity index (χ3n) is 3.12. The van der Waals surface area contributed by atoms with Crippen molar-refractivity contribution in [2.24, 2.45) is 4.99 Å². The molecule has 0 bridgehead atoms. The Morgan fingerprint density at radius 1 is 0.857 bits per heavy atom. The molecule has 0 saturated heterocycles. The van der Waals surface area contributed by atoms with E-state index < -0.39 is 0 Å². The Balaban J connectivity index is 2.01. The number of alkyl halides is 1. The SMILES string of the molecule is BrCCCN=CN(Cc1ccccc1)Cc1ccccc1. The summed E-state index contributed by atoms with van der Waals surface area (Å²) in [5.41, 5.74) is 2.61. The minimum Gasteiger partial charge on any atom is -0.354 e. The summed E-state index contributed by atoms with van der Waals surface area (Å²) in [6.07, 6.45) is 3.06. The van der Waals surface area contributed by atoms with E-state index in [4.69, 9.17) is 0 Å². The van der Waals surface area contributed by atoms with Crippen molar-refractivity contribution in [3.8, 4) is 0 Å². The molecule has 0 N–H and O–H groups in total. The zero-order chi connectivity index (χ0) is 14.8. The molecular weight excluding hydrogens is 324 g/mol. The van der Waals surface area contributed by atoms with Gasteiger partial charge in [-0.15, -0.1) is 0 Å². The highest BCUT2D eigenvalue weighted by molar-refractivity contribution is 9.09. The number of hydrogen-bond acceptors (Lipinski definition) is 1. The second-order valence-corrected chi connectivity index (χ2v) is 5.73. The zero-order valence-corrected chi connectivity index (χ0v) is 13.7. The van der Waals surface area contributed by atoms with E-state index in [0.717, 1.165) is 31.4 Å². The number of rotatable bonds is 8. The Morgan fingerprint density at radius 3 is 1.86 bits per heavy atom. The smallest absolute Gasteiger partial charge is 0.0855 e. The predicted octanol–water partition coefficient (Wildman–Crippen LogP) is 4.50. The molecule has 0 aliphatic carbocycles. The zero-order valence-electron chi connectivity index (χ0n) is 12.2. The van der Waals surface area contributed by atoms with Crippen molar-refractivity contribution in [3.63, 3.8) is 0 Å². The molecule has 21 heavy (non-hydrogen) atoms. The van der Waals surface area contributed by atoms with Crippen molar-refractivity contribution in [1.29, 1.82) is 0 Å². The molecule has 0 heterocycles. The molecule has 2 nitrogen and oxygen atoms in total. The van der Waals surface area contributed by atoms with E-state index in [-0.39, 0.29) is 0 Å². The van der Waals surface area contributed by atoms with E-state index in [0.29, 0.717) is 0 Å². The van der Waals surface area contributed by atoms with Gasteiger partial charge in [-0.2, -0.15) is 0 Å². The fraction of sp³-hybridized carbons (Fsp3) is 0.278. The summed E-state index contributed by atoms with van der Waals surface area (Å²) in [5, 5.41) is 1.00. The normalized spacial score (nSPS) is 10.9. The van der Waals surface area contributed by atoms with Crippen LogP contribution < -0.4 is 0 Å². The summed E-state index contributed by atoms with van der Waals surface area (Å²) in [4.78, 5) is 6.79. The van der Waals surface area contributed by atoms with Gasteiger partial charge in [0.1, 0.15) is 0 Å². The summed E-state index contributed by atoms with van der Waals surface area (Å²) in [6.45, 7) is 2.63. The van der Waals surface area contributed by atoms with Crippen molar-refractivity contribution in [3.05, 3.63) is 71.8 Å². The van der Waals surface area contributed by atoms with E-state index in [1.807, 2.05) is 6.34 Å². The number of halogens is 1. The molecule has 0 amide bonds. The van der Waals surface area contributed by atoms with Gasteiger partial charge in [-0.1, -0.05) is 76.6 Å². The van der Waals surface area contributed by atoms with E-state index in [9.17, 15) is 0 Å². The van der Waals surface area contributed by atoms with Crippen molar-refractivity contribution in [1.82, 2.24) is 4.90 Å². The standard InChI is InChI=1S/C18H21BrN2/c19-12-7-13-20-16-21(14-17-8-3-1-4-9-17)15-18-10-5-2-6-11-18/h1-6,8-11,16H,7,12-15H2. The molecule has 2 aromatic rings. The Hall–Kier alpha value is -1.61. The van der Waals surface area contributed by atoms with Crippen LogP contribution in [0.2, 0.25) is 0 Å². The van der Waals surface area contributed by atoms with Crippen molar-refractivity contribution >= 4 is 22.3 Å². The highest BCUT2D eigenvalue weighted by atomic mass is 79.9. The van der Waals surface area contributed by atoms with E-state index in [1.54, 1.807) is 0 Å². The van der Waals surface area contributed by atoms with Crippen LogP contribution in [0.1, 0.15) is 17.5 Å². The summed E-state index contributed by atoms with van der Waals surface area (Å²) in [5.74, 6) is 0. The van der Waals surface area contributed by atoms with Crippen LogP contribution in [-0.4, -0.2) is 23.1 Å². The molecule has 0 saturated carbocycles. The number of benzene rings is 2. The molecular formula is C18H21BrN2. The van der Waals surface area contributed by atoms with Crippen LogP contribution >= 0.6 is 15.9 Å². The molecule has 110 valence electrons. The Bertz CT molecular complexity index is 484. The maximum Gasteiger partial charge on any atom is 0.0855 e. The second kappa shape index (κ2) is 9.35. The Labute approximate surface area is 135 Å². The molecule has 0 fully saturated rings.